The van der Waals surface area contributed by atoms with Gasteiger partial charge in [-0.3, -0.25) is 0 Å². The average Bonchev–Trinajstić information content (AvgIpc) is 3.99. The first-order valence-electron chi connectivity index (χ1n) is 21.5. The molecule has 0 bridgehead atoms. The van der Waals surface area contributed by atoms with Gasteiger partial charge in [-0.1, -0.05) is 145 Å². The van der Waals surface area contributed by atoms with Gasteiger partial charge in [0.25, 0.3) is 0 Å². The van der Waals surface area contributed by atoms with Crippen LogP contribution in [0.15, 0.2) is 200 Å². The van der Waals surface area contributed by atoms with E-state index in [4.69, 9.17) is 7.73 Å². The van der Waals surface area contributed by atoms with Gasteiger partial charge in [-0.25, -0.2) is 4.98 Å². The third-order valence-corrected chi connectivity index (χ3v) is 12.5. The first-order valence-corrected chi connectivity index (χ1v) is 20.4. The summed E-state index contributed by atoms with van der Waals surface area (Å²) in [6.07, 6.45) is 1.92. The van der Waals surface area contributed by atoms with E-state index in [2.05, 4.69) is 198 Å². The Morgan fingerprint density at radius 3 is 1.95 bits per heavy atom. The number of rotatable bonds is 6. The molecule has 2 aromatic heterocycles. The summed E-state index contributed by atoms with van der Waals surface area (Å²) in [5.74, 6) is 0.819. The van der Waals surface area contributed by atoms with Crippen LogP contribution >= 0.6 is 0 Å². The fourth-order valence-electron chi connectivity index (χ4n) is 9.90. The van der Waals surface area contributed by atoms with E-state index < -0.39 is 12.4 Å². The number of benzene rings is 8. The first kappa shape index (κ1) is 34.8. The Bertz CT molecular complexity index is 3320. The molecular weight excluding hydrogens is 924 g/mol. The third-order valence-electron chi connectivity index (χ3n) is 12.5. The molecule has 4 nitrogen and oxygen atoms in total. The fourth-order valence-corrected chi connectivity index (χ4v) is 9.90. The monoisotopic (exact) mass is 963 g/mol. The third kappa shape index (κ3) is 5.59. The molecule has 12 rings (SSSR count). The van der Waals surface area contributed by atoms with E-state index in [0.717, 1.165) is 66.9 Å². The maximum atomic E-state index is 8.37. The first-order chi connectivity index (χ1) is 30.6. The second-order valence-corrected chi connectivity index (χ2v) is 15.6. The number of hydrogen-bond acceptors (Lipinski definition) is 3. The van der Waals surface area contributed by atoms with Crippen molar-refractivity contribution in [2.45, 2.75) is 5.41 Å². The molecule has 2 aliphatic rings. The number of pyridine rings is 1. The smallest absolute Gasteiger partial charge is 0.355 e. The van der Waals surface area contributed by atoms with E-state index in [0.29, 0.717) is 6.67 Å². The molecule has 0 radical (unpaired) electrons. The second-order valence-electron chi connectivity index (χ2n) is 15.6. The van der Waals surface area contributed by atoms with Gasteiger partial charge in [0.1, 0.15) is 5.82 Å². The molecule has 61 heavy (non-hydrogen) atoms. The second kappa shape index (κ2) is 14.6. The molecule has 1 aliphatic carbocycles. The molecule has 8 aromatic carbocycles. The number of anilines is 3. The largest absolute Gasteiger partial charge is 2.00 e. The topological polar surface area (TPSA) is 24.3 Å². The zero-order chi connectivity index (χ0) is 41.4. The van der Waals surface area contributed by atoms with E-state index in [1.165, 1.54) is 33.4 Å². The molecule has 0 saturated heterocycles. The van der Waals surface area contributed by atoms with Crippen molar-refractivity contribution in [2.24, 2.45) is 0 Å². The molecule has 10 aromatic rings. The van der Waals surface area contributed by atoms with Gasteiger partial charge < -0.3 is 14.4 Å². The van der Waals surface area contributed by atoms with E-state index in [1.807, 2.05) is 24.4 Å². The summed E-state index contributed by atoms with van der Waals surface area (Å²) in [5.41, 5.74) is 15.2. The Kier molecular flexibility index (Phi) is 8.35. The minimum absolute atomic E-state index is 0. The molecule has 0 fully saturated rings. The Balaban J connectivity index is 0.00000444. The molecule has 0 atom stereocenters. The maximum Gasteiger partial charge on any atom is 2.00 e. The van der Waals surface area contributed by atoms with Crippen molar-refractivity contribution in [1.82, 2.24) is 9.55 Å². The molecule has 0 N–H and O–H groups in total. The molecular formula is C56H38N4Pt. The van der Waals surface area contributed by atoms with Crippen LogP contribution in [0.5, 0.6) is 0 Å². The van der Waals surface area contributed by atoms with Crippen LogP contribution in [0.2, 0.25) is 0 Å². The van der Waals surface area contributed by atoms with Gasteiger partial charge in [0.2, 0.25) is 0 Å². The quantitative estimate of drug-likeness (QED) is 0.155. The standard InChI is InChI=1S/C56H38N4.Pt/c1-58-37-59(53-29-14-13-28-52(53)58)42-19-15-18-40(35-42)56(49-25-10-7-22-45(49)46-23-8-11-26-50(46)56)41-30-31-48-47-24-9-12-27-51(47)60(54(48)36-41)55-34-39(32-33-57-55)44-21-6-5-20-43(44)38-16-3-2-4-17-38;/h2-34H,37H2,1H3;/q-2;+2/i1D2;. The van der Waals surface area contributed by atoms with Gasteiger partial charge in [-0.15, -0.1) is 22.6 Å². The number of aromatic nitrogens is 2. The molecule has 292 valence electrons. The van der Waals surface area contributed by atoms with Crippen molar-refractivity contribution < 1.29 is 23.8 Å². The summed E-state index contributed by atoms with van der Waals surface area (Å²) >= 11 is 0. The van der Waals surface area contributed by atoms with Gasteiger partial charge in [0.05, 0.1) is 18.0 Å². The van der Waals surface area contributed by atoms with E-state index in [-0.39, 0.29) is 21.1 Å². The summed E-state index contributed by atoms with van der Waals surface area (Å²) in [4.78, 5) is 9.05. The van der Waals surface area contributed by atoms with Gasteiger partial charge in [0, 0.05) is 26.9 Å². The summed E-state index contributed by atoms with van der Waals surface area (Å²) in [7, 11) is 0. The van der Waals surface area contributed by atoms with Crippen LogP contribution in [0, 0.1) is 12.1 Å². The summed E-state index contributed by atoms with van der Waals surface area (Å²) in [6, 6.07) is 76.6. The van der Waals surface area contributed by atoms with Crippen molar-refractivity contribution in [3.63, 3.8) is 0 Å². The number of fused-ring (bicyclic) bond motifs is 7. The zero-order valence-corrected chi connectivity index (χ0v) is 35.2. The van der Waals surface area contributed by atoms with Crippen LogP contribution in [0.3, 0.4) is 0 Å². The fraction of sp³-hybridized carbons (Fsp3) is 0.0536. The normalized spacial score (nSPS) is 14.0. The molecule has 3 heterocycles. The van der Waals surface area contributed by atoms with Gasteiger partial charge >= 0.3 is 21.1 Å². The average molecular weight is 964 g/mol. The molecule has 5 heteroatoms. The molecule has 0 unspecified atom stereocenters. The van der Waals surface area contributed by atoms with Gasteiger partial charge in [-0.05, 0) is 80.2 Å². The Hall–Kier alpha value is -7.00. The summed E-state index contributed by atoms with van der Waals surface area (Å²) < 4.78 is 19.0. The van der Waals surface area contributed by atoms with Gasteiger partial charge in [-0.2, -0.15) is 36.4 Å². The van der Waals surface area contributed by atoms with E-state index in [9.17, 15) is 0 Å². The summed E-state index contributed by atoms with van der Waals surface area (Å²) in [6.45, 7) is -0.761. The van der Waals surface area contributed by atoms with Crippen molar-refractivity contribution in [2.75, 3.05) is 23.5 Å². The number of para-hydroxylation sites is 3. The zero-order valence-electron chi connectivity index (χ0n) is 34.9. The van der Waals surface area contributed by atoms with Crippen molar-refractivity contribution in [1.29, 1.82) is 0 Å². The molecule has 0 saturated carbocycles. The maximum absolute atomic E-state index is 8.37. The van der Waals surface area contributed by atoms with E-state index >= 15 is 0 Å². The minimum Gasteiger partial charge on any atom is -0.355 e. The van der Waals surface area contributed by atoms with Crippen molar-refractivity contribution in [3.05, 3.63) is 235 Å². The van der Waals surface area contributed by atoms with Crippen LogP contribution in [0.1, 0.15) is 25.0 Å². The van der Waals surface area contributed by atoms with Crippen LogP contribution < -0.4 is 9.80 Å². The van der Waals surface area contributed by atoms with Crippen LogP contribution in [-0.2, 0) is 26.5 Å². The van der Waals surface area contributed by atoms with Crippen LogP contribution in [-0.4, -0.2) is 23.2 Å². The molecule has 1 aliphatic heterocycles. The van der Waals surface area contributed by atoms with Crippen LogP contribution in [0.4, 0.5) is 17.1 Å². The Morgan fingerprint density at radius 1 is 0.541 bits per heavy atom. The van der Waals surface area contributed by atoms with E-state index in [1.54, 1.807) is 4.90 Å². The number of hydrogen-bond donors (Lipinski definition) is 0. The molecule has 0 amide bonds. The number of nitrogens with zero attached hydrogens (tertiary/aromatic N) is 4. The van der Waals surface area contributed by atoms with Crippen molar-refractivity contribution in [3.8, 4) is 39.2 Å². The van der Waals surface area contributed by atoms with Crippen molar-refractivity contribution >= 4 is 38.9 Å². The van der Waals surface area contributed by atoms with Gasteiger partial charge in [0.15, 0.2) is 0 Å². The predicted molar refractivity (Wildman–Crippen MR) is 246 cm³/mol. The predicted octanol–water partition coefficient (Wildman–Crippen LogP) is 13.0. The minimum atomic E-state index is -1.15. The van der Waals surface area contributed by atoms with Crippen LogP contribution in [0.25, 0.3) is 61.0 Å². The Labute approximate surface area is 373 Å². The molecule has 0 spiro atoms. The Morgan fingerprint density at radius 2 is 1.18 bits per heavy atom. The SMILES string of the molecule is [2H]C([2H])N1CN(c2[c-]c(C3(c4[c-]c5c(cc4)c4ccccc4n5-c4cc(-c5ccccc5-c5ccccc5)ccn4)c4ccccc4-c4ccccc43)ccc2)c2ccccc21.[Pt+2]. The summed E-state index contributed by atoms with van der Waals surface area (Å²) in [5, 5.41) is 2.24.